The predicted molar refractivity (Wildman–Crippen MR) is 79.1 cm³/mol. The Kier molecular flexibility index (Phi) is 4.68. The second-order valence-electron chi connectivity index (χ2n) is 4.67. The van der Waals surface area contributed by atoms with Crippen LogP contribution in [0, 0.1) is 0 Å². The quantitative estimate of drug-likeness (QED) is 0.708. The summed E-state index contributed by atoms with van der Waals surface area (Å²) in [5, 5.41) is 0. The highest BCUT2D eigenvalue weighted by atomic mass is 16.1. The molecule has 0 aromatic heterocycles. The van der Waals surface area contributed by atoms with Gasteiger partial charge in [-0.25, -0.2) is 0 Å². The van der Waals surface area contributed by atoms with Crippen LogP contribution in [0.2, 0.25) is 0 Å². The summed E-state index contributed by atoms with van der Waals surface area (Å²) in [6.45, 7) is 3.91. The molecule has 0 aliphatic carbocycles. The zero-order valence-corrected chi connectivity index (χ0v) is 11.0. The fourth-order valence-electron chi connectivity index (χ4n) is 2.02. The zero-order chi connectivity index (χ0) is 13.5. The molecule has 0 saturated carbocycles. The minimum absolute atomic E-state index is 0.160. The first-order valence-corrected chi connectivity index (χ1v) is 6.54. The van der Waals surface area contributed by atoms with Gasteiger partial charge >= 0.3 is 0 Å². The Morgan fingerprint density at radius 2 is 1.37 bits per heavy atom. The van der Waals surface area contributed by atoms with Crippen molar-refractivity contribution in [2.45, 2.75) is 19.3 Å². The molecule has 0 aliphatic rings. The molecule has 0 fully saturated rings. The van der Waals surface area contributed by atoms with Gasteiger partial charge in [0.05, 0.1) is 0 Å². The molecule has 96 valence electrons. The maximum absolute atomic E-state index is 12.0. The van der Waals surface area contributed by atoms with E-state index in [1.807, 2.05) is 60.7 Å². The lowest BCUT2D eigenvalue weighted by molar-refractivity contribution is -0.115. The van der Waals surface area contributed by atoms with Crippen LogP contribution < -0.4 is 0 Å². The predicted octanol–water partition coefficient (Wildman–Crippen LogP) is 3.99. The van der Waals surface area contributed by atoms with Crippen LogP contribution in [-0.4, -0.2) is 5.78 Å². The van der Waals surface area contributed by atoms with E-state index >= 15 is 0 Å². The van der Waals surface area contributed by atoms with Crippen LogP contribution in [0.4, 0.5) is 0 Å². The summed E-state index contributed by atoms with van der Waals surface area (Å²) in [5.74, 6) is 0.160. The minimum Gasteiger partial charge on any atom is -0.295 e. The molecule has 1 nitrogen and oxygen atoms in total. The largest absolute Gasteiger partial charge is 0.295 e. The van der Waals surface area contributed by atoms with Gasteiger partial charge in [-0.2, -0.15) is 0 Å². The van der Waals surface area contributed by atoms with Crippen LogP contribution in [0.1, 0.15) is 17.5 Å². The first-order chi connectivity index (χ1) is 9.25. The molecule has 1 heteroatoms. The number of allylic oxidation sites excluding steroid dienone is 1. The van der Waals surface area contributed by atoms with Crippen molar-refractivity contribution in [2.75, 3.05) is 0 Å². The third kappa shape index (κ3) is 4.22. The summed E-state index contributed by atoms with van der Waals surface area (Å²) in [6.07, 6.45) is 1.97. The summed E-state index contributed by atoms with van der Waals surface area (Å²) in [7, 11) is 0. The summed E-state index contributed by atoms with van der Waals surface area (Å²) in [5.41, 5.74) is 3.03. The van der Waals surface area contributed by atoms with E-state index in [-0.39, 0.29) is 5.78 Å². The highest BCUT2D eigenvalue weighted by Gasteiger charge is 2.08. The van der Waals surface area contributed by atoms with Gasteiger partial charge in [-0.15, -0.1) is 0 Å². The number of Topliss-reactive ketones (excluding diaryl/α,β-unsaturated/α-hetero) is 1. The molecule has 0 heterocycles. The van der Waals surface area contributed by atoms with Crippen LogP contribution in [-0.2, 0) is 17.6 Å². The first-order valence-electron chi connectivity index (χ1n) is 6.54. The van der Waals surface area contributed by atoms with E-state index in [4.69, 9.17) is 0 Å². The van der Waals surface area contributed by atoms with Crippen molar-refractivity contribution < 1.29 is 4.79 Å². The molecule has 0 amide bonds. The van der Waals surface area contributed by atoms with Gasteiger partial charge < -0.3 is 0 Å². The number of hydrogen-bond donors (Lipinski definition) is 0. The number of ketones is 1. The lowest BCUT2D eigenvalue weighted by Crippen LogP contribution is -2.05. The third-order valence-electron chi connectivity index (χ3n) is 3.14. The third-order valence-corrected chi connectivity index (χ3v) is 3.14. The Morgan fingerprint density at radius 1 is 0.842 bits per heavy atom. The molecule has 2 aromatic rings. The van der Waals surface area contributed by atoms with Gasteiger partial charge in [-0.3, -0.25) is 4.79 Å². The first kappa shape index (κ1) is 13.3. The summed E-state index contributed by atoms with van der Waals surface area (Å²) < 4.78 is 0. The Morgan fingerprint density at radius 3 is 1.95 bits per heavy atom. The molecule has 2 rings (SSSR count). The van der Waals surface area contributed by atoms with Gasteiger partial charge in [0.15, 0.2) is 5.78 Å². The summed E-state index contributed by atoms with van der Waals surface area (Å²) >= 11 is 0. The SMILES string of the molecule is C=C(Cc1ccccc1)C(=O)CCc1ccccc1. The Labute approximate surface area is 114 Å². The maximum atomic E-state index is 12.0. The van der Waals surface area contributed by atoms with E-state index in [0.29, 0.717) is 18.4 Å². The number of rotatable bonds is 6. The molecular weight excluding hydrogens is 232 g/mol. The van der Waals surface area contributed by atoms with Crippen molar-refractivity contribution >= 4 is 5.78 Å². The van der Waals surface area contributed by atoms with E-state index in [2.05, 4.69) is 6.58 Å². The van der Waals surface area contributed by atoms with E-state index in [9.17, 15) is 4.79 Å². The monoisotopic (exact) mass is 250 g/mol. The number of aryl methyl sites for hydroxylation is 1. The van der Waals surface area contributed by atoms with E-state index in [1.165, 1.54) is 5.56 Å². The molecule has 19 heavy (non-hydrogen) atoms. The zero-order valence-electron chi connectivity index (χ0n) is 11.0. The van der Waals surface area contributed by atoms with Crippen molar-refractivity contribution in [1.29, 1.82) is 0 Å². The number of carbonyl (C=O) groups is 1. The van der Waals surface area contributed by atoms with Crippen molar-refractivity contribution in [3.05, 3.63) is 83.9 Å². The second-order valence-corrected chi connectivity index (χ2v) is 4.67. The number of benzene rings is 2. The Balaban J connectivity index is 1.85. The average molecular weight is 250 g/mol. The number of carbonyl (C=O) groups excluding carboxylic acids is 1. The van der Waals surface area contributed by atoms with Crippen LogP contribution in [0.3, 0.4) is 0 Å². The van der Waals surface area contributed by atoms with Crippen LogP contribution >= 0.6 is 0 Å². The molecule has 0 N–H and O–H groups in total. The molecule has 0 bridgehead atoms. The Bertz CT molecular complexity index is 540. The lowest BCUT2D eigenvalue weighted by Gasteiger charge is -2.05. The van der Waals surface area contributed by atoms with Gasteiger partial charge in [-0.05, 0) is 23.1 Å². The summed E-state index contributed by atoms with van der Waals surface area (Å²) in [4.78, 5) is 12.0. The fraction of sp³-hybridized carbons (Fsp3) is 0.167. The van der Waals surface area contributed by atoms with Gasteiger partial charge in [-0.1, -0.05) is 67.2 Å². The van der Waals surface area contributed by atoms with Gasteiger partial charge in [0.25, 0.3) is 0 Å². The van der Waals surface area contributed by atoms with Crippen LogP contribution in [0.25, 0.3) is 0 Å². The molecule has 0 atom stereocenters. The van der Waals surface area contributed by atoms with E-state index < -0.39 is 0 Å². The van der Waals surface area contributed by atoms with E-state index in [1.54, 1.807) is 0 Å². The molecule has 0 spiro atoms. The second kappa shape index (κ2) is 6.69. The smallest absolute Gasteiger partial charge is 0.158 e. The van der Waals surface area contributed by atoms with Gasteiger partial charge in [0.2, 0.25) is 0 Å². The van der Waals surface area contributed by atoms with Crippen LogP contribution in [0.5, 0.6) is 0 Å². The standard InChI is InChI=1S/C18H18O/c1-15(14-17-10-6-3-7-11-17)18(19)13-12-16-8-4-2-5-9-16/h2-11H,1,12-14H2. The fourth-order valence-corrected chi connectivity index (χ4v) is 2.02. The molecule has 0 saturated heterocycles. The van der Waals surface area contributed by atoms with E-state index in [0.717, 1.165) is 12.0 Å². The van der Waals surface area contributed by atoms with Gasteiger partial charge in [0, 0.05) is 12.8 Å². The van der Waals surface area contributed by atoms with Crippen molar-refractivity contribution in [3.8, 4) is 0 Å². The molecular formula is C18H18O. The molecule has 0 unspecified atom stereocenters. The highest BCUT2D eigenvalue weighted by molar-refractivity contribution is 5.95. The topological polar surface area (TPSA) is 17.1 Å². The van der Waals surface area contributed by atoms with Crippen molar-refractivity contribution in [3.63, 3.8) is 0 Å². The number of hydrogen-bond acceptors (Lipinski definition) is 1. The normalized spacial score (nSPS) is 10.1. The van der Waals surface area contributed by atoms with Gasteiger partial charge in [0.1, 0.15) is 0 Å². The maximum Gasteiger partial charge on any atom is 0.158 e. The highest BCUT2D eigenvalue weighted by Crippen LogP contribution is 2.11. The molecule has 2 aromatic carbocycles. The van der Waals surface area contributed by atoms with Crippen LogP contribution in [0.15, 0.2) is 72.8 Å². The van der Waals surface area contributed by atoms with Crippen molar-refractivity contribution in [1.82, 2.24) is 0 Å². The minimum atomic E-state index is 0.160. The molecule has 0 aliphatic heterocycles. The Hall–Kier alpha value is -2.15. The van der Waals surface area contributed by atoms with Crippen molar-refractivity contribution in [2.24, 2.45) is 0 Å². The average Bonchev–Trinajstić information content (AvgIpc) is 2.47. The summed E-state index contributed by atoms with van der Waals surface area (Å²) in [6, 6.07) is 20.1. The lowest BCUT2D eigenvalue weighted by atomic mass is 9.99. The molecule has 0 radical (unpaired) electrons.